The zero-order valence-corrected chi connectivity index (χ0v) is 16.6. The van der Waals surface area contributed by atoms with Crippen molar-refractivity contribution in [3.05, 3.63) is 95.1 Å². The monoisotopic (exact) mass is 388 g/mol. The SMILES string of the molecule is COc1ccc(C)cc1NC(=O)c1ccc(C(=O)NCCc2ccccc2)cc1. The molecule has 3 rings (SSSR count). The lowest BCUT2D eigenvalue weighted by Gasteiger charge is -2.11. The molecule has 2 amide bonds. The van der Waals surface area contributed by atoms with Crippen molar-refractivity contribution in [2.75, 3.05) is 19.0 Å². The standard InChI is InChI=1S/C24H24N2O3/c1-17-8-13-22(29-2)21(16-17)26-24(28)20-11-9-19(10-12-20)23(27)25-15-14-18-6-4-3-5-7-18/h3-13,16H,14-15H2,1-2H3,(H,25,27)(H,26,28). The summed E-state index contributed by atoms with van der Waals surface area (Å²) in [5, 5.41) is 5.76. The van der Waals surface area contributed by atoms with Gasteiger partial charge in [-0.05, 0) is 60.9 Å². The molecule has 0 atom stereocenters. The van der Waals surface area contributed by atoms with Crippen LogP contribution in [0.25, 0.3) is 0 Å². The van der Waals surface area contributed by atoms with E-state index in [4.69, 9.17) is 4.74 Å². The first-order valence-electron chi connectivity index (χ1n) is 9.45. The van der Waals surface area contributed by atoms with E-state index >= 15 is 0 Å². The van der Waals surface area contributed by atoms with Gasteiger partial charge in [0.25, 0.3) is 11.8 Å². The molecule has 0 aliphatic rings. The number of hydrogen-bond donors (Lipinski definition) is 2. The molecular weight excluding hydrogens is 364 g/mol. The highest BCUT2D eigenvalue weighted by Crippen LogP contribution is 2.25. The number of benzene rings is 3. The fourth-order valence-corrected chi connectivity index (χ4v) is 2.95. The molecule has 0 saturated heterocycles. The second-order valence-electron chi connectivity index (χ2n) is 6.73. The lowest BCUT2D eigenvalue weighted by Crippen LogP contribution is -2.25. The van der Waals surface area contributed by atoms with Crippen LogP contribution >= 0.6 is 0 Å². The predicted octanol–water partition coefficient (Wildman–Crippen LogP) is 4.23. The summed E-state index contributed by atoms with van der Waals surface area (Å²) in [6, 6.07) is 22.2. The number of methoxy groups -OCH3 is 1. The Labute approximate surface area is 170 Å². The molecule has 2 N–H and O–H groups in total. The van der Waals surface area contributed by atoms with Crippen LogP contribution in [0.5, 0.6) is 5.75 Å². The molecule has 0 unspecified atom stereocenters. The van der Waals surface area contributed by atoms with Crippen molar-refractivity contribution in [1.29, 1.82) is 0 Å². The summed E-state index contributed by atoms with van der Waals surface area (Å²) in [4.78, 5) is 24.8. The summed E-state index contributed by atoms with van der Waals surface area (Å²) in [5.41, 5.74) is 3.78. The zero-order chi connectivity index (χ0) is 20.6. The molecular formula is C24H24N2O3. The third-order valence-electron chi connectivity index (χ3n) is 4.55. The number of nitrogens with one attached hydrogen (secondary N) is 2. The average molecular weight is 388 g/mol. The minimum atomic E-state index is -0.259. The molecule has 0 aromatic heterocycles. The van der Waals surface area contributed by atoms with Gasteiger partial charge in [0.15, 0.2) is 0 Å². The highest BCUT2D eigenvalue weighted by molar-refractivity contribution is 6.05. The second-order valence-corrected chi connectivity index (χ2v) is 6.73. The van der Waals surface area contributed by atoms with E-state index < -0.39 is 0 Å². The Morgan fingerprint density at radius 1 is 0.862 bits per heavy atom. The van der Waals surface area contributed by atoms with Crippen LogP contribution < -0.4 is 15.4 Å². The quantitative estimate of drug-likeness (QED) is 0.637. The molecule has 0 heterocycles. The minimum absolute atomic E-state index is 0.159. The van der Waals surface area contributed by atoms with Crippen molar-refractivity contribution in [2.24, 2.45) is 0 Å². The van der Waals surface area contributed by atoms with Crippen molar-refractivity contribution in [3.8, 4) is 5.75 Å². The fraction of sp³-hybridized carbons (Fsp3) is 0.167. The number of rotatable bonds is 7. The number of aryl methyl sites for hydroxylation is 1. The molecule has 3 aromatic rings. The Balaban J connectivity index is 1.58. The van der Waals surface area contributed by atoms with Gasteiger partial charge >= 0.3 is 0 Å². The van der Waals surface area contributed by atoms with Crippen LogP contribution in [-0.2, 0) is 6.42 Å². The minimum Gasteiger partial charge on any atom is -0.495 e. The maximum Gasteiger partial charge on any atom is 0.255 e. The molecule has 29 heavy (non-hydrogen) atoms. The molecule has 0 spiro atoms. The van der Waals surface area contributed by atoms with E-state index in [0.717, 1.165) is 12.0 Å². The van der Waals surface area contributed by atoms with E-state index in [9.17, 15) is 9.59 Å². The summed E-state index contributed by atoms with van der Waals surface area (Å²) in [6.07, 6.45) is 0.769. The van der Waals surface area contributed by atoms with Crippen molar-refractivity contribution in [3.63, 3.8) is 0 Å². The normalized spacial score (nSPS) is 10.3. The van der Waals surface area contributed by atoms with Crippen molar-refractivity contribution >= 4 is 17.5 Å². The molecule has 3 aromatic carbocycles. The van der Waals surface area contributed by atoms with Crippen molar-refractivity contribution < 1.29 is 14.3 Å². The van der Waals surface area contributed by atoms with Crippen LogP contribution in [0.4, 0.5) is 5.69 Å². The number of carbonyl (C=O) groups is 2. The summed E-state index contributed by atoms with van der Waals surface area (Å²) < 4.78 is 5.29. The summed E-state index contributed by atoms with van der Waals surface area (Å²) in [5.74, 6) is 0.177. The topological polar surface area (TPSA) is 67.4 Å². The Hall–Kier alpha value is -3.60. The Bertz CT molecular complexity index is 983. The third kappa shape index (κ3) is 5.45. The average Bonchev–Trinajstić information content (AvgIpc) is 2.74. The number of carbonyl (C=O) groups excluding carboxylic acids is 2. The number of hydrogen-bond acceptors (Lipinski definition) is 3. The van der Waals surface area contributed by atoms with E-state index in [1.807, 2.05) is 55.5 Å². The zero-order valence-electron chi connectivity index (χ0n) is 16.6. The molecule has 5 nitrogen and oxygen atoms in total. The van der Waals surface area contributed by atoms with Crippen LogP contribution in [0, 0.1) is 6.92 Å². The lowest BCUT2D eigenvalue weighted by atomic mass is 10.1. The molecule has 0 bridgehead atoms. The molecule has 148 valence electrons. The Morgan fingerprint density at radius 3 is 2.17 bits per heavy atom. The van der Waals surface area contributed by atoms with Gasteiger partial charge in [0.1, 0.15) is 5.75 Å². The third-order valence-corrected chi connectivity index (χ3v) is 4.55. The van der Waals surface area contributed by atoms with Gasteiger partial charge in [-0.2, -0.15) is 0 Å². The molecule has 0 aliphatic carbocycles. The maximum atomic E-state index is 12.5. The van der Waals surface area contributed by atoms with Crippen molar-refractivity contribution in [2.45, 2.75) is 13.3 Å². The highest BCUT2D eigenvalue weighted by Gasteiger charge is 2.11. The van der Waals surface area contributed by atoms with E-state index in [0.29, 0.717) is 29.1 Å². The summed E-state index contributed by atoms with van der Waals surface area (Å²) in [7, 11) is 1.56. The first-order valence-corrected chi connectivity index (χ1v) is 9.45. The van der Waals surface area contributed by atoms with Crippen LogP contribution in [0.1, 0.15) is 31.8 Å². The van der Waals surface area contributed by atoms with Crippen LogP contribution in [0.3, 0.4) is 0 Å². The van der Waals surface area contributed by atoms with E-state index in [2.05, 4.69) is 10.6 Å². The van der Waals surface area contributed by atoms with Gasteiger partial charge in [-0.15, -0.1) is 0 Å². The Kier molecular flexibility index (Phi) is 6.63. The lowest BCUT2D eigenvalue weighted by molar-refractivity contribution is 0.0952. The van der Waals surface area contributed by atoms with E-state index in [1.54, 1.807) is 31.4 Å². The molecule has 5 heteroatoms. The first-order chi connectivity index (χ1) is 14.1. The fourth-order valence-electron chi connectivity index (χ4n) is 2.95. The maximum absolute atomic E-state index is 12.5. The number of ether oxygens (including phenoxy) is 1. The molecule has 0 radical (unpaired) electrons. The first kappa shape index (κ1) is 20.1. The predicted molar refractivity (Wildman–Crippen MR) is 115 cm³/mol. The summed E-state index contributed by atoms with van der Waals surface area (Å²) in [6.45, 7) is 2.50. The van der Waals surface area contributed by atoms with Gasteiger partial charge in [-0.25, -0.2) is 0 Å². The van der Waals surface area contributed by atoms with E-state index in [-0.39, 0.29) is 11.8 Å². The molecule has 0 saturated carbocycles. The van der Waals surface area contributed by atoms with Gasteiger partial charge in [0.05, 0.1) is 12.8 Å². The second kappa shape index (κ2) is 9.55. The van der Waals surface area contributed by atoms with Crippen LogP contribution in [0.15, 0.2) is 72.8 Å². The molecule has 0 fully saturated rings. The largest absolute Gasteiger partial charge is 0.495 e. The summed E-state index contributed by atoms with van der Waals surface area (Å²) >= 11 is 0. The van der Waals surface area contributed by atoms with Gasteiger partial charge in [0.2, 0.25) is 0 Å². The Morgan fingerprint density at radius 2 is 1.52 bits per heavy atom. The van der Waals surface area contributed by atoms with Crippen LogP contribution in [-0.4, -0.2) is 25.5 Å². The number of anilines is 1. The van der Waals surface area contributed by atoms with Gasteiger partial charge in [0, 0.05) is 17.7 Å². The van der Waals surface area contributed by atoms with Gasteiger partial charge in [-0.3, -0.25) is 9.59 Å². The molecule has 0 aliphatic heterocycles. The smallest absolute Gasteiger partial charge is 0.255 e. The van der Waals surface area contributed by atoms with Crippen LogP contribution in [0.2, 0.25) is 0 Å². The number of amides is 2. The van der Waals surface area contributed by atoms with Gasteiger partial charge in [-0.1, -0.05) is 36.4 Å². The van der Waals surface area contributed by atoms with E-state index in [1.165, 1.54) is 5.56 Å². The highest BCUT2D eigenvalue weighted by atomic mass is 16.5. The van der Waals surface area contributed by atoms with Gasteiger partial charge < -0.3 is 15.4 Å². The van der Waals surface area contributed by atoms with Crippen molar-refractivity contribution in [1.82, 2.24) is 5.32 Å².